The number of anilines is 1. The Morgan fingerprint density at radius 3 is 2.52 bits per heavy atom. The van der Waals surface area contributed by atoms with Gasteiger partial charge in [0, 0.05) is 12.2 Å². The molecule has 1 heterocycles. The standard InChI is InChI=1S/C20H22N2O5/c1-3-22(12-19(23)21-14-8-10-15(25-2)11-9-14)20(24)18-13-26-16-6-4-5-7-17(16)27-18/h4-11,18H,3,12-13H2,1-2H3,(H,21,23)/t18-/m1/s1. The summed E-state index contributed by atoms with van der Waals surface area (Å²) in [7, 11) is 1.58. The topological polar surface area (TPSA) is 77.1 Å². The third-order valence-corrected chi connectivity index (χ3v) is 4.19. The number of hydrogen-bond acceptors (Lipinski definition) is 5. The first-order chi connectivity index (χ1) is 13.1. The summed E-state index contributed by atoms with van der Waals surface area (Å²) < 4.78 is 16.4. The van der Waals surface area contributed by atoms with Gasteiger partial charge in [-0.25, -0.2) is 0 Å². The molecule has 0 aromatic heterocycles. The average Bonchev–Trinajstić information content (AvgIpc) is 2.71. The number of para-hydroxylation sites is 2. The highest BCUT2D eigenvalue weighted by Crippen LogP contribution is 2.31. The summed E-state index contributed by atoms with van der Waals surface area (Å²) in [5, 5.41) is 2.77. The zero-order valence-corrected chi connectivity index (χ0v) is 15.3. The van der Waals surface area contributed by atoms with Gasteiger partial charge in [-0.2, -0.15) is 0 Å². The molecule has 7 nitrogen and oxygen atoms in total. The molecule has 2 aromatic rings. The van der Waals surface area contributed by atoms with Gasteiger partial charge >= 0.3 is 0 Å². The highest BCUT2D eigenvalue weighted by atomic mass is 16.6. The number of nitrogens with one attached hydrogen (secondary N) is 1. The molecule has 142 valence electrons. The van der Waals surface area contributed by atoms with Crippen molar-refractivity contribution >= 4 is 17.5 Å². The van der Waals surface area contributed by atoms with Crippen LogP contribution in [0.5, 0.6) is 17.2 Å². The van der Waals surface area contributed by atoms with Gasteiger partial charge in [-0.1, -0.05) is 12.1 Å². The summed E-state index contributed by atoms with van der Waals surface area (Å²) in [4.78, 5) is 26.5. The second kappa shape index (κ2) is 8.44. The monoisotopic (exact) mass is 370 g/mol. The molecule has 0 radical (unpaired) electrons. The quantitative estimate of drug-likeness (QED) is 0.844. The van der Waals surface area contributed by atoms with Crippen LogP contribution in [0.3, 0.4) is 0 Å². The SMILES string of the molecule is CCN(CC(=O)Nc1ccc(OC)cc1)C(=O)[C@H]1COc2ccccc2O1. The largest absolute Gasteiger partial charge is 0.497 e. The van der Waals surface area contributed by atoms with E-state index >= 15 is 0 Å². The Balaban J connectivity index is 1.59. The normalized spacial score (nSPS) is 15.0. The minimum absolute atomic E-state index is 0.0666. The Morgan fingerprint density at radius 1 is 1.15 bits per heavy atom. The molecule has 0 aliphatic carbocycles. The number of carbonyl (C=O) groups excluding carboxylic acids is 2. The number of ether oxygens (including phenoxy) is 3. The number of methoxy groups -OCH3 is 1. The fourth-order valence-electron chi connectivity index (χ4n) is 2.74. The molecular formula is C20H22N2O5. The van der Waals surface area contributed by atoms with Crippen LogP contribution in [-0.2, 0) is 9.59 Å². The first-order valence-corrected chi connectivity index (χ1v) is 8.72. The Labute approximate surface area is 157 Å². The Hall–Kier alpha value is -3.22. The summed E-state index contributed by atoms with van der Waals surface area (Å²) in [6.45, 7) is 2.25. The molecule has 0 bridgehead atoms. The van der Waals surface area contributed by atoms with Crippen molar-refractivity contribution in [3.63, 3.8) is 0 Å². The molecule has 1 N–H and O–H groups in total. The van der Waals surface area contributed by atoms with Crippen LogP contribution in [-0.4, -0.2) is 49.6 Å². The summed E-state index contributed by atoms with van der Waals surface area (Å²) in [5.41, 5.74) is 0.635. The van der Waals surface area contributed by atoms with E-state index in [2.05, 4.69) is 5.32 Å². The van der Waals surface area contributed by atoms with Crippen LogP contribution in [0.4, 0.5) is 5.69 Å². The van der Waals surface area contributed by atoms with Crippen LogP contribution in [0, 0.1) is 0 Å². The predicted octanol–water partition coefficient (Wildman–Crippen LogP) is 2.32. The zero-order chi connectivity index (χ0) is 19.2. The first-order valence-electron chi connectivity index (χ1n) is 8.72. The molecular weight excluding hydrogens is 348 g/mol. The van der Waals surface area contributed by atoms with Gasteiger partial charge in [-0.3, -0.25) is 9.59 Å². The Kier molecular flexibility index (Phi) is 5.80. The number of amides is 2. The number of hydrogen-bond donors (Lipinski definition) is 1. The number of carbonyl (C=O) groups is 2. The van der Waals surface area contributed by atoms with Gasteiger partial charge in [0.1, 0.15) is 12.4 Å². The van der Waals surface area contributed by atoms with Crippen molar-refractivity contribution in [1.29, 1.82) is 0 Å². The van der Waals surface area contributed by atoms with Crippen LogP contribution in [0.25, 0.3) is 0 Å². The van der Waals surface area contributed by atoms with Crippen molar-refractivity contribution in [2.24, 2.45) is 0 Å². The maximum atomic E-state index is 12.7. The Morgan fingerprint density at radius 2 is 1.85 bits per heavy atom. The van der Waals surface area contributed by atoms with Gasteiger partial charge in [0.15, 0.2) is 11.5 Å². The number of fused-ring (bicyclic) bond motifs is 1. The third kappa shape index (κ3) is 4.49. The second-order valence-corrected chi connectivity index (χ2v) is 5.99. The van der Waals surface area contributed by atoms with Crippen molar-refractivity contribution in [1.82, 2.24) is 4.90 Å². The molecule has 3 rings (SSSR count). The molecule has 0 saturated heterocycles. The van der Waals surface area contributed by atoms with Gasteiger partial charge in [-0.15, -0.1) is 0 Å². The third-order valence-electron chi connectivity index (χ3n) is 4.19. The highest BCUT2D eigenvalue weighted by Gasteiger charge is 2.31. The molecule has 1 atom stereocenters. The Bertz CT molecular complexity index is 806. The molecule has 2 aromatic carbocycles. The van der Waals surface area contributed by atoms with E-state index in [0.29, 0.717) is 29.5 Å². The smallest absolute Gasteiger partial charge is 0.267 e. The van der Waals surface area contributed by atoms with Gasteiger partial charge in [0.2, 0.25) is 12.0 Å². The molecule has 0 spiro atoms. The van der Waals surface area contributed by atoms with Crippen molar-refractivity contribution < 1.29 is 23.8 Å². The molecule has 1 aliphatic rings. The van der Waals surface area contributed by atoms with E-state index < -0.39 is 6.10 Å². The van der Waals surface area contributed by atoms with Crippen LogP contribution in [0.2, 0.25) is 0 Å². The molecule has 0 fully saturated rings. The van der Waals surface area contributed by atoms with E-state index in [9.17, 15) is 9.59 Å². The summed E-state index contributed by atoms with van der Waals surface area (Å²) in [5.74, 6) is 1.28. The predicted molar refractivity (Wildman–Crippen MR) is 100 cm³/mol. The lowest BCUT2D eigenvalue weighted by atomic mass is 10.2. The molecule has 1 aliphatic heterocycles. The summed E-state index contributed by atoms with van der Waals surface area (Å²) in [6.07, 6.45) is -0.770. The number of likely N-dealkylation sites (N-methyl/N-ethyl adjacent to an activating group) is 1. The van der Waals surface area contributed by atoms with Crippen molar-refractivity contribution in [3.05, 3.63) is 48.5 Å². The van der Waals surface area contributed by atoms with E-state index in [1.54, 1.807) is 43.5 Å². The fraction of sp³-hybridized carbons (Fsp3) is 0.300. The fourth-order valence-corrected chi connectivity index (χ4v) is 2.74. The van der Waals surface area contributed by atoms with Gasteiger partial charge in [0.05, 0.1) is 13.7 Å². The minimum Gasteiger partial charge on any atom is -0.497 e. The number of nitrogens with zero attached hydrogens (tertiary/aromatic N) is 1. The maximum Gasteiger partial charge on any atom is 0.267 e. The van der Waals surface area contributed by atoms with E-state index in [1.807, 2.05) is 19.1 Å². The lowest BCUT2D eigenvalue weighted by Gasteiger charge is -2.29. The molecule has 0 unspecified atom stereocenters. The van der Waals surface area contributed by atoms with Crippen LogP contribution < -0.4 is 19.5 Å². The van der Waals surface area contributed by atoms with E-state index in [1.165, 1.54) is 4.90 Å². The van der Waals surface area contributed by atoms with Gasteiger partial charge < -0.3 is 24.4 Å². The van der Waals surface area contributed by atoms with E-state index in [4.69, 9.17) is 14.2 Å². The van der Waals surface area contributed by atoms with E-state index in [-0.39, 0.29) is 25.0 Å². The van der Waals surface area contributed by atoms with Crippen molar-refractivity contribution in [2.45, 2.75) is 13.0 Å². The lowest BCUT2D eigenvalue weighted by molar-refractivity contribution is -0.143. The molecule has 2 amide bonds. The van der Waals surface area contributed by atoms with E-state index in [0.717, 1.165) is 0 Å². The van der Waals surface area contributed by atoms with Crippen LogP contribution >= 0.6 is 0 Å². The molecule has 27 heavy (non-hydrogen) atoms. The average molecular weight is 370 g/mol. The highest BCUT2D eigenvalue weighted by molar-refractivity contribution is 5.95. The zero-order valence-electron chi connectivity index (χ0n) is 15.3. The van der Waals surface area contributed by atoms with Crippen molar-refractivity contribution in [3.8, 4) is 17.2 Å². The molecule has 7 heteroatoms. The first kappa shape index (κ1) is 18.6. The molecule has 0 saturated carbocycles. The van der Waals surface area contributed by atoms with Crippen LogP contribution in [0.1, 0.15) is 6.92 Å². The van der Waals surface area contributed by atoms with Crippen LogP contribution in [0.15, 0.2) is 48.5 Å². The second-order valence-electron chi connectivity index (χ2n) is 5.99. The van der Waals surface area contributed by atoms with Crippen molar-refractivity contribution in [2.75, 3.05) is 32.1 Å². The lowest BCUT2D eigenvalue weighted by Crippen LogP contribution is -2.48. The number of rotatable bonds is 6. The maximum absolute atomic E-state index is 12.7. The van der Waals surface area contributed by atoms with Gasteiger partial charge in [0.25, 0.3) is 5.91 Å². The summed E-state index contributed by atoms with van der Waals surface area (Å²) in [6, 6.07) is 14.2. The summed E-state index contributed by atoms with van der Waals surface area (Å²) >= 11 is 0. The van der Waals surface area contributed by atoms with Gasteiger partial charge in [-0.05, 0) is 43.3 Å². The number of benzene rings is 2. The minimum atomic E-state index is -0.770.